The molecule has 0 saturated heterocycles. The number of halogens is 1. The summed E-state index contributed by atoms with van der Waals surface area (Å²) in [6, 6.07) is 7.81. The Morgan fingerprint density at radius 2 is 2.08 bits per heavy atom. The molecule has 122 valence electrons. The second-order valence-electron chi connectivity index (χ2n) is 5.73. The molecule has 1 aliphatic rings. The molecule has 0 radical (unpaired) electrons. The molecule has 1 amide bonds. The number of anilines is 1. The first-order valence-corrected chi connectivity index (χ1v) is 9.33. The van der Waals surface area contributed by atoms with Gasteiger partial charge in [-0.25, -0.2) is 9.67 Å². The van der Waals surface area contributed by atoms with Crippen molar-refractivity contribution in [2.24, 2.45) is 0 Å². The normalized spacial score (nSPS) is 13.1. The minimum atomic E-state index is -0.164. The SMILES string of the molecule is Cc1c(C(=O)Nc2nc3c(s2)CCC3)cnn1-c1ccc(Br)cc1. The molecule has 7 heteroatoms. The molecule has 0 aliphatic heterocycles. The first kappa shape index (κ1) is 15.5. The van der Waals surface area contributed by atoms with Crippen LogP contribution in [0.2, 0.25) is 0 Å². The summed E-state index contributed by atoms with van der Waals surface area (Å²) in [6.07, 6.45) is 4.86. The second-order valence-corrected chi connectivity index (χ2v) is 7.73. The lowest BCUT2D eigenvalue weighted by Crippen LogP contribution is -2.13. The van der Waals surface area contributed by atoms with Crippen LogP contribution in [0.25, 0.3) is 5.69 Å². The number of carbonyl (C=O) groups is 1. The molecule has 24 heavy (non-hydrogen) atoms. The number of nitrogens with zero attached hydrogens (tertiary/aromatic N) is 3. The van der Waals surface area contributed by atoms with E-state index < -0.39 is 0 Å². The zero-order chi connectivity index (χ0) is 16.7. The predicted octanol–water partition coefficient (Wildman–Crippen LogP) is 4.14. The summed E-state index contributed by atoms with van der Waals surface area (Å²) in [7, 11) is 0. The molecule has 4 rings (SSSR count). The third kappa shape index (κ3) is 2.78. The molecule has 1 aliphatic carbocycles. The standard InChI is InChI=1S/C17H15BrN4OS/c1-10-13(9-19-22(10)12-7-5-11(18)6-8-12)16(23)21-17-20-14-3-2-4-15(14)24-17/h5-9H,2-4H2,1H3,(H,20,21,23). The molecule has 2 aromatic heterocycles. The molecule has 0 bridgehead atoms. The van der Waals surface area contributed by atoms with Gasteiger partial charge in [0.2, 0.25) is 0 Å². The lowest BCUT2D eigenvalue weighted by molar-refractivity contribution is 0.102. The number of amides is 1. The molecule has 0 saturated carbocycles. The van der Waals surface area contributed by atoms with E-state index in [1.807, 2.05) is 31.2 Å². The van der Waals surface area contributed by atoms with Gasteiger partial charge in [0.05, 0.1) is 28.8 Å². The summed E-state index contributed by atoms with van der Waals surface area (Å²) >= 11 is 5.00. The first-order valence-electron chi connectivity index (χ1n) is 7.72. The van der Waals surface area contributed by atoms with E-state index in [0.717, 1.165) is 34.4 Å². The average molecular weight is 403 g/mol. The lowest BCUT2D eigenvalue weighted by atomic mass is 10.2. The van der Waals surface area contributed by atoms with Crippen LogP contribution < -0.4 is 5.32 Å². The topological polar surface area (TPSA) is 59.8 Å². The minimum absolute atomic E-state index is 0.164. The van der Waals surface area contributed by atoms with Gasteiger partial charge in [-0.1, -0.05) is 15.9 Å². The largest absolute Gasteiger partial charge is 0.298 e. The zero-order valence-electron chi connectivity index (χ0n) is 13.0. The summed E-state index contributed by atoms with van der Waals surface area (Å²) in [4.78, 5) is 18.4. The Labute approximate surface area is 151 Å². The summed E-state index contributed by atoms with van der Waals surface area (Å²) in [6.45, 7) is 1.89. The van der Waals surface area contributed by atoms with Crippen LogP contribution in [0.4, 0.5) is 5.13 Å². The number of rotatable bonds is 3. The van der Waals surface area contributed by atoms with E-state index in [1.165, 1.54) is 11.3 Å². The fraction of sp³-hybridized carbons (Fsp3) is 0.235. The number of aromatic nitrogens is 3. The van der Waals surface area contributed by atoms with Gasteiger partial charge in [0.25, 0.3) is 5.91 Å². The molecule has 0 fully saturated rings. The molecule has 0 unspecified atom stereocenters. The van der Waals surface area contributed by atoms with E-state index in [-0.39, 0.29) is 5.91 Å². The van der Waals surface area contributed by atoms with E-state index in [2.05, 4.69) is 31.3 Å². The highest BCUT2D eigenvalue weighted by molar-refractivity contribution is 9.10. The number of carbonyl (C=O) groups excluding carboxylic acids is 1. The third-order valence-electron chi connectivity index (χ3n) is 4.14. The number of fused-ring (bicyclic) bond motifs is 1. The van der Waals surface area contributed by atoms with Crippen molar-refractivity contribution in [1.82, 2.24) is 14.8 Å². The van der Waals surface area contributed by atoms with Crippen molar-refractivity contribution in [3.63, 3.8) is 0 Å². The van der Waals surface area contributed by atoms with Crippen molar-refractivity contribution in [3.05, 3.63) is 56.8 Å². The van der Waals surface area contributed by atoms with Gasteiger partial charge in [-0.05, 0) is 50.5 Å². The Kier molecular flexibility index (Phi) is 3.97. The molecule has 1 N–H and O–H groups in total. The van der Waals surface area contributed by atoms with Gasteiger partial charge < -0.3 is 0 Å². The van der Waals surface area contributed by atoms with Crippen LogP contribution >= 0.6 is 27.3 Å². The van der Waals surface area contributed by atoms with E-state index >= 15 is 0 Å². The number of aryl methyl sites for hydroxylation is 2. The van der Waals surface area contributed by atoms with Crippen molar-refractivity contribution in [2.75, 3.05) is 5.32 Å². The van der Waals surface area contributed by atoms with Crippen LogP contribution in [0.15, 0.2) is 34.9 Å². The molecule has 2 heterocycles. The van der Waals surface area contributed by atoms with Crippen molar-refractivity contribution < 1.29 is 4.79 Å². The van der Waals surface area contributed by atoms with Gasteiger partial charge in [-0.15, -0.1) is 11.3 Å². The van der Waals surface area contributed by atoms with Crippen molar-refractivity contribution in [2.45, 2.75) is 26.2 Å². The van der Waals surface area contributed by atoms with E-state index in [4.69, 9.17) is 0 Å². The maximum atomic E-state index is 12.6. The Balaban J connectivity index is 1.57. The number of nitrogens with one attached hydrogen (secondary N) is 1. The van der Waals surface area contributed by atoms with E-state index in [9.17, 15) is 4.79 Å². The number of hydrogen-bond donors (Lipinski definition) is 1. The fourth-order valence-electron chi connectivity index (χ4n) is 2.88. The number of thiazole rings is 1. The molecule has 5 nitrogen and oxygen atoms in total. The van der Waals surface area contributed by atoms with Crippen LogP contribution in [-0.4, -0.2) is 20.7 Å². The summed E-state index contributed by atoms with van der Waals surface area (Å²) in [5.41, 5.74) is 3.42. The highest BCUT2D eigenvalue weighted by atomic mass is 79.9. The number of benzene rings is 1. The highest BCUT2D eigenvalue weighted by Gasteiger charge is 2.20. The van der Waals surface area contributed by atoms with Gasteiger partial charge in [0.15, 0.2) is 5.13 Å². The van der Waals surface area contributed by atoms with Gasteiger partial charge in [-0.2, -0.15) is 5.10 Å². The molecular formula is C17H15BrN4OS. The number of hydrogen-bond acceptors (Lipinski definition) is 4. The van der Waals surface area contributed by atoms with Crippen LogP contribution in [0.3, 0.4) is 0 Å². The van der Waals surface area contributed by atoms with Crippen LogP contribution in [0, 0.1) is 6.92 Å². The summed E-state index contributed by atoms with van der Waals surface area (Å²) in [5, 5.41) is 7.94. The van der Waals surface area contributed by atoms with E-state index in [0.29, 0.717) is 10.7 Å². The fourth-order valence-corrected chi connectivity index (χ4v) is 4.19. The highest BCUT2D eigenvalue weighted by Crippen LogP contribution is 2.30. The summed E-state index contributed by atoms with van der Waals surface area (Å²) < 4.78 is 2.77. The monoisotopic (exact) mass is 402 g/mol. The van der Waals surface area contributed by atoms with Crippen molar-refractivity contribution in [1.29, 1.82) is 0 Å². The maximum Gasteiger partial charge on any atom is 0.260 e. The predicted molar refractivity (Wildman–Crippen MR) is 98.1 cm³/mol. The smallest absolute Gasteiger partial charge is 0.260 e. The molecule has 1 aromatic carbocycles. The molecule has 0 spiro atoms. The Hall–Kier alpha value is -1.99. The Morgan fingerprint density at radius 1 is 1.29 bits per heavy atom. The Bertz CT molecular complexity index is 892. The van der Waals surface area contributed by atoms with Gasteiger partial charge >= 0.3 is 0 Å². The minimum Gasteiger partial charge on any atom is -0.298 e. The van der Waals surface area contributed by atoms with Crippen LogP contribution in [0.1, 0.15) is 33.0 Å². The molecule has 0 atom stereocenters. The first-order chi connectivity index (χ1) is 11.6. The van der Waals surface area contributed by atoms with Crippen molar-refractivity contribution in [3.8, 4) is 5.69 Å². The van der Waals surface area contributed by atoms with Gasteiger partial charge in [-0.3, -0.25) is 10.1 Å². The van der Waals surface area contributed by atoms with Crippen LogP contribution in [-0.2, 0) is 12.8 Å². The van der Waals surface area contributed by atoms with Crippen LogP contribution in [0.5, 0.6) is 0 Å². The third-order valence-corrected chi connectivity index (χ3v) is 5.74. The Morgan fingerprint density at radius 3 is 2.83 bits per heavy atom. The quantitative estimate of drug-likeness (QED) is 0.715. The average Bonchev–Trinajstić information content (AvgIpc) is 3.23. The maximum absolute atomic E-state index is 12.6. The zero-order valence-corrected chi connectivity index (χ0v) is 15.4. The van der Waals surface area contributed by atoms with E-state index in [1.54, 1.807) is 22.2 Å². The van der Waals surface area contributed by atoms with Crippen molar-refractivity contribution >= 4 is 38.3 Å². The molecule has 3 aromatic rings. The molecular weight excluding hydrogens is 388 g/mol. The van der Waals surface area contributed by atoms with Gasteiger partial charge in [0.1, 0.15) is 0 Å². The second kappa shape index (κ2) is 6.14. The summed E-state index contributed by atoms with van der Waals surface area (Å²) in [5.74, 6) is -0.164. The lowest BCUT2D eigenvalue weighted by Gasteiger charge is -2.05. The van der Waals surface area contributed by atoms with Gasteiger partial charge in [0, 0.05) is 9.35 Å².